The highest BCUT2D eigenvalue weighted by atomic mass is 14.0. The molecule has 0 unspecified atom stereocenters. The molecule has 0 radical (unpaired) electrons. The molecule has 0 nitrogen and oxygen atoms in total. The SMILES string of the molecule is C1=CC(=C2C=CC=C2)C=C1. The van der Waals surface area contributed by atoms with E-state index in [0.29, 0.717) is 0 Å². The third kappa shape index (κ3) is 0.781. The molecule has 2 aliphatic carbocycles. The molecule has 0 N–H and O–H groups in total. The average molecular weight is 128 g/mol. The summed E-state index contributed by atoms with van der Waals surface area (Å²) in [5.41, 5.74) is 2.62. The summed E-state index contributed by atoms with van der Waals surface area (Å²) in [7, 11) is 0. The van der Waals surface area contributed by atoms with Gasteiger partial charge in [-0.1, -0.05) is 48.6 Å². The minimum atomic E-state index is 1.31. The zero-order valence-electron chi connectivity index (χ0n) is 5.62. The van der Waals surface area contributed by atoms with Gasteiger partial charge >= 0.3 is 0 Å². The summed E-state index contributed by atoms with van der Waals surface area (Å²) in [4.78, 5) is 0. The van der Waals surface area contributed by atoms with Crippen LogP contribution in [0.2, 0.25) is 0 Å². The molecular weight excluding hydrogens is 120 g/mol. The van der Waals surface area contributed by atoms with Crippen molar-refractivity contribution < 1.29 is 0 Å². The topological polar surface area (TPSA) is 0 Å². The van der Waals surface area contributed by atoms with Gasteiger partial charge < -0.3 is 0 Å². The van der Waals surface area contributed by atoms with Crippen molar-refractivity contribution in [1.82, 2.24) is 0 Å². The first-order chi connectivity index (χ1) is 4.97. The lowest BCUT2D eigenvalue weighted by Crippen LogP contribution is -1.72. The van der Waals surface area contributed by atoms with Crippen molar-refractivity contribution in [3.8, 4) is 0 Å². The van der Waals surface area contributed by atoms with Gasteiger partial charge in [-0.15, -0.1) is 0 Å². The predicted octanol–water partition coefficient (Wildman–Crippen LogP) is 2.54. The first-order valence-corrected chi connectivity index (χ1v) is 3.40. The van der Waals surface area contributed by atoms with Gasteiger partial charge in [0.1, 0.15) is 0 Å². The predicted molar refractivity (Wildman–Crippen MR) is 43.6 cm³/mol. The first-order valence-electron chi connectivity index (χ1n) is 3.40. The second-order valence-electron chi connectivity index (χ2n) is 2.35. The van der Waals surface area contributed by atoms with E-state index in [2.05, 4.69) is 48.6 Å². The Morgan fingerprint density at radius 3 is 1.10 bits per heavy atom. The van der Waals surface area contributed by atoms with E-state index in [-0.39, 0.29) is 0 Å². The van der Waals surface area contributed by atoms with Crippen LogP contribution in [-0.2, 0) is 0 Å². The minimum absolute atomic E-state index is 1.31. The minimum Gasteiger partial charge on any atom is -0.0616 e. The van der Waals surface area contributed by atoms with Crippen molar-refractivity contribution in [1.29, 1.82) is 0 Å². The molecule has 0 heterocycles. The van der Waals surface area contributed by atoms with Crippen molar-refractivity contribution in [3.63, 3.8) is 0 Å². The average Bonchev–Trinajstić information content (AvgIpc) is 2.59. The quantitative estimate of drug-likeness (QED) is 0.470. The van der Waals surface area contributed by atoms with Gasteiger partial charge in [-0.25, -0.2) is 0 Å². The molecule has 0 aliphatic heterocycles. The fourth-order valence-corrected chi connectivity index (χ4v) is 1.13. The molecule has 0 spiro atoms. The van der Waals surface area contributed by atoms with E-state index in [0.717, 1.165) is 0 Å². The summed E-state index contributed by atoms with van der Waals surface area (Å²) in [6.45, 7) is 0. The molecule has 10 heavy (non-hydrogen) atoms. The number of hydrogen-bond acceptors (Lipinski definition) is 0. The third-order valence-electron chi connectivity index (χ3n) is 1.66. The van der Waals surface area contributed by atoms with Crippen molar-refractivity contribution in [2.75, 3.05) is 0 Å². The van der Waals surface area contributed by atoms with Gasteiger partial charge in [0.25, 0.3) is 0 Å². The Labute approximate surface area is 60.6 Å². The zero-order valence-corrected chi connectivity index (χ0v) is 5.62. The highest BCUT2D eigenvalue weighted by Gasteiger charge is 1.98. The molecular formula is C10H8. The molecule has 0 aromatic carbocycles. The molecule has 0 bridgehead atoms. The maximum Gasteiger partial charge on any atom is -0.0184 e. The van der Waals surface area contributed by atoms with Crippen LogP contribution >= 0.6 is 0 Å². The van der Waals surface area contributed by atoms with Crippen LogP contribution in [0.15, 0.2) is 59.8 Å². The molecule has 2 rings (SSSR count). The number of hydrogen-bond donors (Lipinski definition) is 0. The molecule has 0 fully saturated rings. The van der Waals surface area contributed by atoms with Gasteiger partial charge in [-0.3, -0.25) is 0 Å². The standard InChI is InChI=1S/C10H8/c1-2-6-9(5-1)10-7-3-4-8-10/h1-8H. The second kappa shape index (κ2) is 2.14. The lowest BCUT2D eigenvalue weighted by molar-refractivity contribution is 1.63. The van der Waals surface area contributed by atoms with Crippen LogP contribution in [0.3, 0.4) is 0 Å². The fraction of sp³-hybridized carbons (Fsp3) is 0. The molecule has 0 aromatic rings. The van der Waals surface area contributed by atoms with Crippen LogP contribution in [-0.4, -0.2) is 0 Å². The fourth-order valence-electron chi connectivity index (χ4n) is 1.13. The Kier molecular flexibility index (Phi) is 1.17. The summed E-state index contributed by atoms with van der Waals surface area (Å²) in [6, 6.07) is 0. The Balaban J connectivity index is 2.46. The van der Waals surface area contributed by atoms with Gasteiger partial charge in [-0.2, -0.15) is 0 Å². The van der Waals surface area contributed by atoms with Crippen molar-refractivity contribution in [2.24, 2.45) is 0 Å². The van der Waals surface area contributed by atoms with E-state index >= 15 is 0 Å². The molecule has 0 saturated heterocycles. The van der Waals surface area contributed by atoms with Crippen LogP contribution < -0.4 is 0 Å². The molecule has 2 aliphatic rings. The Morgan fingerprint density at radius 1 is 0.500 bits per heavy atom. The molecule has 0 aromatic heterocycles. The first kappa shape index (κ1) is 5.48. The Bertz CT molecular complexity index is 225. The highest BCUT2D eigenvalue weighted by molar-refractivity contribution is 5.54. The summed E-state index contributed by atoms with van der Waals surface area (Å²) in [5, 5.41) is 0. The third-order valence-corrected chi connectivity index (χ3v) is 1.66. The number of allylic oxidation sites excluding steroid dienone is 10. The van der Waals surface area contributed by atoms with E-state index < -0.39 is 0 Å². The van der Waals surface area contributed by atoms with E-state index in [1.165, 1.54) is 11.1 Å². The second-order valence-corrected chi connectivity index (χ2v) is 2.35. The lowest BCUT2D eigenvalue weighted by Gasteiger charge is -1.91. The maximum absolute atomic E-state index is 2.12. The van der Waals surface area contributed by atoms with Crippen molar-refractivity contribution in [2.45, 2.75) is 0 Å². The van der Waals surface area contributed by atoms with E-state index in [1.54, 1.807) is 0 Å². The van der Waals surface area contributed by atoms with E-state index in [1.807, 2.05) is 0 Å². The summed E-state index contributed by atoms with van der Waals surface area (Å²) >= 11 is 0. The van der Waals surface area contributed by atoms with Crippen LogP contribution in [0.25, 0.3) is 0 Å². The molecule has 0 amide bonds. The van der Waals surface area contributed by atoms with E-state index in [4.69, 9.17) is 0 Å². The largest absolute Gasteiger partial charge is 0.0616 e. The van der Waals surface area contributed by atoms with Gasteiger partial charge in [0, 0.05) is 0 Å². The van der Waals surface area contributed by atoms with Crippen LogP contribution in [0, 0.1) is 0 Å². The van der Waals surface area contributed by atoms with E-state index in [9.17, 15) is 0 Å². The molecule has 0 atom stereocenters. The Hall–Kier alpha value is -1.30. The van der Waals surface area contributed by atoms with Crippen LogP contribution in [0.1, 0.15) is 0 Å². The number of rotatable bonds is 0. The van der Waals surface area contributed by atoms with Crippen LogP contribution in [0.4, 0.5) is 0 Å². The molecule has 0 heteroatoms. The lowest BCUT2D eigenvalue weighted by atomic mass is 10.1. The summed E-state index contributed by atoms with van der Waals surface area (Å²) < 4.78 is 0. The normalized spacial score (nSPS) is 20.0. The summed E-state index contributed by atoms with van der Waals surface area (Å²) in [6.07, 6.45) is 16.7. The molecule has 48 valence electrons. The Morgan fingerprint density at radius 2 is 0.800 bits per heavy atom. The van der Waals surface area contributed by atoms with Crippen LogP contribution in [0.5, 0.6) is 0 Å². The maximum atomic E-state index is 2.12. The van der Waals surface area contributed by atoms with Gasteiger partial charge in [0.05, 0.1) is 0 Å². The monoisotopic (exact) mass is 128 g/mol. The van der Waals surface area contributed by atoms with Gasteiger partial charge in [0.15, 0.2) is 0 Å². The van der Waals surface area contributed by atoms with Gasteiger partial charge in [-0.05, 0) is 11.1 Å². The zero-order chi connectivity index (χ0) is 6.81. The van der Waals surface area contributed by atoms with Gasteiger partial charge in [0.2, 0.25) is 0 Å². The molecule has 0 saturated carbocycles. The van der Waals surface area contributed by atoms with Crippen molar-refractivity contribution >= 4 is 0 Å². The highest BCUT2D eigenvalue weighted by Crippen LogP contribution is 2.18. The summed E-state index contributed by atoms with van der Waals surface area (Å²) in [5.74, 6) is 0. The smallest absolute Gasteiger partial charge is 0.0184 e. The van der Waals surface area contributed by atoms with Crippen molar-refractivity contribution in [3.05, 3.63) is 59.8 Å².